The van der Waals surface area contributed by atoms with E-state index < -0.39 is 23.8 Å². The minimum Gasteiger partial charge on any atom is -0.483 e. The molecule has 1 saturated heterocycles. The van der Waals surface area contributed by atoms with Crippen LogP contribution >= 0.6 is 0 Å². The molecule has 1 saturated carbocycles. The molecule has 2 N–H and O–H groups in total. The van der Waals surface area contributed by atoms with Gasteiger partial charge in [0.2, 0.25) is 0 Å². The van der Waals surface area contributed by atoms with E-state index >= 15 is 0 Å². The molecule has 1 aromatic carbocycles. The lowest BCUT2D eigenvalue weighted by Gasteiger charge is -2.33. The molecule has 1 aliphatic carbocycles. The first kappa shape index (κ1) is 27.4. The zero-order valence-electron chi connectivity index (χ0n) is 21.5. The first-order chi connectivity index (χ1) is 18.1. The number of carbonyl (C=O) groups is 1. The van der Waals surface area contributed by atoms with Crippen LogP contribution in [0.15, 0.2) is 35.3 Å². The summed E-state index contributed by atoms with van der Waals surface area (Å²) in [4.78, 5) is 25.8. The number of aromatic nitrogens is 3. The molecule has 0 unspecified atom stereocenters. The SMILES string of the molecule is C[C@@H](Nc1nnc(N2CCN(C)CC2)c2cc(=O)n(C3(C)CC3)cc12)c1cccc(C(F)F)c1F.O=CO. The van der Waals surface area contributed by atoms with E-state index in [1.54, 1.807) is 23.8 Å². The Morgan fingerprint density at radius 2 is 1.74 bits per heavy atom. The van der Waals surface area contributed by atoms with Gasteiger partial charge in [-0.25, -0.2) is 13.2 Å². The average Bonchev–Trinajstić information content (AvgIpc) is 3.63. The number of hydrogen-bond donors (Lipinski definition) is 2. The molecule has 0 bridgehead atoms. The van der Waals surface area contributed by atoms with Crippen molar-refractivity contribution in [2.45, 2.75) is 44.7 Å². The number of carboxylic acid groups (broad SMARTS) is 1. The maximum atomic E-state index is 14.8. The van der Waals surface area contributed by atoms with Gasteiger partial charge in [-0.05, 0) is 33.7 Å². The molecule has 2 aromatic heterocycles. The highest BCUT2D eigenvalue weighted by Crippen LogP contribution is 2.43. The lowest BCUT2D eigenvalue weighted by atomic mass is 10.0. The van der Waals surface area contributed by atoms with Crippen molar-refractivity contribution in [1.82, 2.24) is 19.7 Å². The van der Waals surface area contributed by atoms with Crippen LogP contribution in [0.4, 0.5) is 24.8 Å². The summed E-state index contributed by atoms with van der Waals surface area (Å²) in [5, 5.41) is 20.3. The van der Waals surface area contributed by atoms with Gasteiger partial charge in [0.1, 0.15) is 5.82 Å². The summed E-state index contributed by atoms with van der Waals surface area (Å²) in [5.41, 5.74) is -0.852. The van der Waals surface area contributed by atoms with E-state index in [4.69, 9.17) is 9.90 Å². The summed E-state index contributed by atoms with van der Waals surface area (Å²) >= 11 is 0. The average molecular weight is 533 g/mol. The first-order valence-electron chi connectivity index (χ1n) is 12.4. The zero-order valence-corrected chi connectivity index (χ0v) is 21.5. The molecule has 0 spiro atoms. The van der Waals surface area contributed by atoms with Crippen molar-refractivity contribution in [3.63, 3.8) is 0 Å². The molecule has 2 fully saturated rings. The highest BCUT2D eigenvalue weighted by molar-refractivity contribution is 5.98. The van der Waals surface area contributed by atoms with Crippen LogP contribution < -0.4 is 15.8 Å². The van der Waals surface area contributed by atoms with Crippen molar-refractivity contribution >= 4 is 28.9 Å². The number of piperazine rings is 1. The number of anilines is 2. The van der Waals surface area contributed by atoms with Crippen molar-refractivity contribution in [2.75, 3.05) is 43.4 Å². The molecule has 1 aliphatic heterocycles. The summed E-state index contributed by atoms with van der Waals surface area (Å²) in [6.45, 7) is 6.74. The summed E-state index contributed by atoms with van der Waals surface area (Å²) in [5.74, 6) is 0.0869. The molecule has 5 rings (SSSR count). The Kier molecular flexibility index (Phi) is 7.91. The molecule has 3 aromatic rings. The van der Waals surface area contributed by atoms with Crippen molar-refractivity contribution in [1.29, 1.82) is 0 Å². The molecule has 9 nitrogen and oxygen atoms in total. The zero-order chi connectivity index (χ0) is 27.6. The van der Waals surface area contributed by atoms with Crippen LogP contribution in [0.5, 0.6) is 0 Å². The third kappa shape index (κ3) is 5.45. The third-order valence-corrected chi connectivity index (χ3v) is 7.27. The normalized spacial score (nSPS) is 17.6. The standard InChI is InChI=1S/C25H29F3N6O.CH2O2/c1-15(16-5-4-6-17(21(16)26)22(27)28)29-23-19-14-34(25(2)7-8-25)20(35)13-18(19)24(31-30-23)33-11-9-32(3)10-12-33;2-1-3/h4-6,13-15,22H,7-12H2,1-3H3,(H,29,30);1H,(H,2,3)/t15-;/m1./s1. The van der Waals surface area contributed by atoms with Gasteiger partial charge in [-0.15, -0.1) is 10.2 Å². The lowest BCUT2D eigenvalue weighted by molar-refractivity contribution is -0.122. The fraction of sp³-hybridized carbons (Fsp3) is 0.462. The number of pyridine rings is 1. The summed E-state index contributed by atoms with van der Waals surface area (Å²) in [6, 6.07) is 4.94. The number of nitrogens with zero attached hydrogens (tertiary/aromatic N) is 5. The van der Waals surface area contributed by atoms with Gasteiger partial charge in [-0.3, -0.25) is 9.59 Å². The van der Waals surface area contributed by atoms with Crippen molar-refractivity contribution in [2.24, 2.45) is 0 Å². The number of alkyl halides is 2. The lowest BCUT2D eigenvalue weighted by Crippen LogP contribution is -2.45. The number of nitrogens with one attached hydrogen (secondary N) is 1. The predicted molar refractivity (Wildman–Crippen MR) is 138 cm³/mol. The molecule has 38 heavy (non-hydrogen) atoms. The van der Waals surface area contributed by atoms with Crippen LogP contribution in [0.25, 0.3) is 10.8 Å². The quantitative estimate of drug-likeness (QED) is 0.459. The first-order valence-corrected chi connectivity index (χ1v) is 12.4. The van der Waals surface area contributed by atoms with E-state index in [1.807, 2.05) is 6.92 Å². The molecule has 3 heterocycles. The largest absolute Gasteiger partial charge is 0.483 e. The number of rotatable bonds is 6. The van der Waals surface area contributed by atoms with Gasteiger partial charge in [0, 0.05) is 60.3 Å². The molecule has 2 aliphatic rings. The molecular formula is C26H31F3N6O3. The monoisotopic (exact) mass is 532 g/mol. The second kappa shape index (κ2) is 11.0. The Morgan fingerprint density at radius 1 is 1.11 bits per heavy atom. The minimum atomic E-state index is -2.90. The maximum Gasteiger partial charge on any atom is 0.290 e. The van der Waals surface area contributed by atoms with Crippen LogP contribution in [-0.4, -0.2) is 64.5 Å². The van der Waals surface area contributed by atoms with Gasteiger partial charge >= 0.3 is 0 Å². The summed E-state index contributed by atoms with van der Waals surface area (Å²) in [6.07, 6.45) is 0.722. The fourth-order valence-electron chi connectivity index (χ4n) is 4.67. The highest BCUT2D eigenvalue weighted by atomic mass is 19.3. The van der Waals surface area contributed by atoms with Crippen molar-refractivity contribution < 1.29 is 23.1 Å². The molecule has 0 radical (unpaired) electrons. The third-order valence-electron chi connectivity index (χ3n) is 7.27. The molecule has 1 atom stereocenters. The molecule has 12 heteroatoms. The second-order valence-corrected chi connectivity index (χ2v) is 9.99. The van der Waals surface area contributed by atoms with Crippen molar-refractivity contribution in [3.8, 4) is 0 Å². The fourth-order valence-corrected chi connectivity index (χ4v) is 4.67. The summed E-state index contributed by atoms with van der Waals surface area (Å²) in [7, 11) is 2.06. The van der Waals surface area contributed by atoms with E-state index in [9.17, 15) is 18.0 Å². The van der Waals surface area contributed by atoms with E-state index in [-0.39, 0.29) is 23.1 Å². The van der Waals surface area contributed by atoms with E-state index in [1.165, 1.54) is 12.1 Å². The van der Waals surface area contributed by atoms with E-state index in [2.05, 4.69) is 32.4 Å². The molecule has 0 amide bonds. The Bertz CT molecular complexity index is 1370. The van der Waals surface area contributed by atoms with Crippen LogP contribution in [0.1, 0.15) is 50.3 Å². The number of halogens is 3. The highest BCUT2D eigenvalue weighted by Gasteiger charge is 2.40. The van der Waals surface area contributed by atoms with E-state index in [0.717, 1.165) is 45.1 Å². The smallest absolute Gasteiger partial charge is 0.290 e. The maximum absolute atomic E-state index is 14.8. The minimum absolute atomic E-state index is 0.101. The Hall–Kier alpha value is -3.67. The number of benzene rings is 1. The number of hydrogen-bond acceptors (Lipinski definition) is 7. The molecule has 204 valence electrons. The van der Waals surface area contributed by atoms with Crippen LogP contribution in [-0.2, 0) is 10.3 Å². The van der Waals surface area contributed by atoms with E-state index in [0.29, 0.717) is 22.4 Å². The van der Waals surface area contributed by atoms with Gasteiger partial charge in [-0.2, -0.15) is 0 Å². The Balaban J connectivity index is 0.00000107. The predicted octanol–water partition coefficient (Wildman–Crippen LogP) is 4.00. The van der Waals surface area contributed by atoms with Crippen LogP contribution in [0.3, 0.4) is 0 Å². The summed E-state index contributed by atoms with van der Waals surface area (Å²) < 4.78 is 43.0. The topological polar surface area (TPSA) is 104 Å². The van der Waals surface area contributed by atoms with Gasteiger partial charge in [-0.1, -0.05) is 18.2 Å². The van der Waals surface area contributed by atoms with Crippen LogP contribution in [0.2, 0.25) is 0 Å². The second-order valence-electron chi connectivity index (χ2n) is 9.99. The van der Waals surface area contributed by atoms with Crippen LogP contribution in [0, 0.1) is 5.82 Å². The Morgan fingerprint density at radius 3 is 2.34 bits per heavy atom. The number of fused-ring (bicyclic) bond motifs is 1. The van der Waals surface area contributed by atoms with Crippen molar-refractivity contribution in [3.05, 3.63) is 57.8 Å². The van der Waals surface area contributed by atoms with Gasteiger partial charge in [0.15, 0.2) is 11.6 Å². The Labute approximate surface area is 217 Å². The van der Waals surface area contributed by atoms with Gasteiger partial charge in [0.25, 0.3) is 18.5 Å². The molecular weight excluding hydrogens is 501 g/mol. The van der Waals surface area contributed by atoms with Gasteiger partial charge in [0.05, 0.1) is 11.6 Å². The number of likely N-dealkylation sites (N-methyl/N-ethyl adjacent to an activating group) is 1. The van der Waals surface area contributed by atoms with Gasteiger partial charge < -0.3 is 24.8 Å².